The fourth-order valence-electron chi connectivity index (χ4n) is 4.99. The first-order chi connectivity index (χ1) is 15.1. The van der Waals surface area contributed by atoms with Gasteiger partial charge in [0, 0.05) is 45.2 Å². The number of carbonyl (C=O) groups excluding carboxylic acids is 1. The van der Waals surface area contributed by atoms with E-state index in [9.17, 15) is 4.79 Å². The van der Waals surface area contributed by atoms with Gasteiger partial charge in [0.25, 0.3) is 5.91 Å². The van der Waals surface area contributed by atoms with E-state index in [1.54, 1.807) is 7.11 Å². The third-order valence-corrected chi connectivity index (χ3v) is 6.55. The largest absolute Gasteiger partial charge is 0.380 e. The number of hydrogen-bond acceptors (Lipinski definition) is 4. The molecule has 0 saturated carbocycles. The van der Waals surface area contributed by atoms with Crippen LogP contribution in [0.2, 0.25) is 0 Å². The maximum absolute atomic E-state index is 13.2. The average Bonchev–Trinajstić information content (AvgIpc) is 2.80. The number of benzene rings is 2. The predicted octanol–water partition coefficient (Wildman–Crippen LogP) is 4.76. The number of likely N-dealkylation sites (tertiary alicyclic amines) is 1. The smallest absolute Gasteiger partial charge is 0.254 e. The summed E-state index contributed by atoms with van der Waals surface area (Å²) >= 11 is 0. The molecule has 2 aromatic rings. The van der Waals surface area contributed by atoms with E-state index in [0.29, 0.717) is 26.3 Å². The number of hydrogen-bond donors (Lipinski definition) is 0. The fourth-order valence-corrected chi connectivity index (χ4v) is 4.99. The van der Waals surface area contributed by atoms with Crippen LogP contribution in [0, 0.1) is 0 Å². The van der Waals surface area contributed by atoms with E-state index in [2.05, 4.69) is 31.2 Å². The van der Waals surface area contributed by atoms with Crippen LogP contribution in [0.5, 0.6) is 0 Å². The summed E-state index contributed by atoms with van der Waals surface area (Å²) in [7, 11) is 1.66. The molecule has 0 unspecified atom stereocenters. The van der Waals surface area contributed by atoms with Crippen molar-refractivity contribution in [2.75, 3.05) is 26.8 Å². The lowest BCUT2D eigenvalue weighted by atomic mass is 9.80. The van der Waals surface area contributed by atoms with Crippen LogP contribution in [0.25, 0.3) is 0 Å². The number of nitrogens with zero attached hydrogens (tertiary/aromatic N) is 1. The number of rotatable bonds is 6. The van der Waals surface area contributed by atoms with Crippen molar-refractivity contribution >= 4 is 5.91 Å². The first-order valence-corrected chi connectivity index (χ1v) is 11.3. The molecule has 5 heteroatoms. The highest BCUT2D eigenvalue weighted by Crippen LogP contribution is 2.44. The van der Waals surface area contributed by atoms with E-state index < -0.39 is 0 Å². The van der Waals surface area contributed by atoms with Crippen LogP contribution in [0.4, 0.5) is 0 Å². The van der Waals surface area contributed by atoms with Gasteiger partial charge in [-0.05, 0) is 37.0 Å². The molecule has 5 nitrogen and oxygen atoms in total. The Bertz CT molecular complexity index is 861. The normalized spacial score (nSPS) is 23.1. The Kier molecular flexibility index (Phi) is 7.06. The van der Waals surface area contributed by atoms with Gasteiger partial charge >= 0.3 is 0 Å². The van der Waals surface area contributed by atoms with Crippen LogP contribution in [-0.2, 0) is 20.8 Å². The highest BCUT2D eigenvalue weighted by molar-refractivity contribution is 5.95. The SMILES string of the molecule is CCO[C@H]1C[C@@H](c2ccccc2)OC2(CCN(C(=O)c3ccccc3COC)CC2)C1. The molecule has 2 aliphatic heterocycles. The van der Waals surface area contributed by atoms with Crippen LogP contribution in [0.15, 0.2) is 54.6 Å². The van der Waals surface area contributed by atoms with Crippen molar-refractivity contribution in [2.24, 2.45) is 0 Å². The molecule has 0 radical (unpaired) electrons. The number of carbonyl (C=O) groups is 1. The van der Waals surface area contributed by atoms with Crippen LogP contribution in [-0.4, -0.2) is 49.3 Å². The van der Waals surface area contributed by atoms with Crippen molar-refractivity contribution in [2.45, 2.75) is 57.0 Å². The molecule has 2 saturated heterocycles. The van der Waals surface area contributed by atoms with Crippen LogP contribution in [0.3, 0.4) is 0 Å². The topological polar surface area (TPSA) is 48.0 Å². The minimum Gasteiger partial charge on any atom is -0.380 e. The van der Waals surface area contributed by atoms with E-state index in [1.165, 1.54) is 5.56 Å². The van der Waals surface area contributed by atoms with Gasteiger partial charge in [0.1, 0.15) is 0 Å². The maximum atomic E-state index is 13.2. The van der Waals surface area contributed by atoms with Gasteiger partial charge in [-0.25, -0.2) is 0 Å². The second kappa shape index (κ2) is 9.94. The van der Waals surface area contributed by atoms with Gasteiger partial charge in [-0.2, -0.15) is 0 Å². The summed E-state index contributed by atoms with van der Waals surface area (Å²) < 4.78 is 18.1. The number of piperidine rings is 1. The van der Waals surface area contributed by atoms with E-state index in [0.717, 1.165) is 36.8 Å². The number of methoxy groups -OCH3 is 1. The first-order valence-electron chi connectivity index (χ1n) is 11.3. The van der Waals surface area contributed by atoms with E-state index in [1.807, 2.05) is 35.2 Å². The Hall–Kier alpha value is -2.21. The van der Waals surface area contributed by atoms with Gasteiger partial charge in [0.15, 0.2) is 0 Å². The molecule has 0 N–H and O–H groups in total. The summed E-state index contributed by atoms with van der Waals surface area (Å²) in [5.74, 6) is 0.0827. The van der Waals surface area contributed by atoms with Gasteiger partial charge in [-0.1, -0.05) is 48.5 Å². The molecule has 2 aliphatic rings. The monoisotopic (exact) mass is 423 g/mol. The third kappa shape index (κ3) is 5.00. The third-order valence-electron chi connectivity index (χ3n) is 6.55. The molecule has 1 amide bonds. The van der Waals surface area contributed by atoms with Gasteiger partial charge in [-0.15, -0.1) is 0 Å². The summed E-state index contributed by atoms with van der Waals surface area (Å²) in [6.07, 6.45) is 3.67. The van der Waals surface area contributed by atoms with Crippen molar-refractivity contribution < 1.29 is 19.0 Å². The van der Waals surface area contributed by atoms with Crippen molar-refractivity contribution in [3.8, 4) is 0 Å². The first kappa shape index (κ1) is 22.0. The molecular weight excluding hydrogens is 390 g/mol. The van der Waals surface area contributed by atoms with Gasteiger partial charge < -0.3 is 19.1 Å². The summed E-state index contributed by atoms with van der Waals surface area (Å²) in [5.41, 5.74) is 2.64. The van der Waals surface area contributed by atoms with Crippen LogP contribution in [0.1, 0.15) is 60.2 Å². The van der Waals surface area contributed by atoms with Crippen molar-refractivity contribution in [1.82, 2.24) is 4.90 Å². The molecule has 166 valence electrons. The quantitative estimate of drug-likeness (QED) is 0.672. The predicted molar refractivity (Wildman–Crippen MR) is 120 cm³/mol. The summed E-state index contributed by atoms with van der Waals surface area (Å²) in [5, 5.41) is 0. The fraction of sp³-hybridized carbons (Fsp3) is 0.500. The summed E-state index contributed by atoms with van der Waals surface area (Å²) in [6, 6.07) is 18.2. The zero-order valence-electron chi connectivity index (χ0n) is 18.6. The maximum Gasteiger partial charge on any atom is 0.254 e. The molecular formula is C26H33NO4. The zero-order chi connectivity index (χ0) is 21.7. The minimum absolute atomic E-state index is 0.0381. The average molecular weight is 424 g/mol. The summed E-state index contributed by atoms with van der Waals surface area (Å²) in [4.78, 5) is 15.2. The molecule has 0 aromatic heterocycles. The van der Waals surface area contributed by atoms with E-state index in [-0.39, 0.29) is 23.7 Å². The Labute approximate surface area is 185 Å². The summed E-state index contributed by atoms with van der Waals surface area (Å²) in [6.45, 7) is 4.60. The molecule has 4 rings (SSSR count). The molecule has 2 atom stereocenters. The molecule has 2 heterocycles. The Balaban J connectivity index is 1.47. The molecule has 2 fully saturated rings. The highest BCUT2D eigenvalue weighted by atomic mass is 16.5. The second-order valence-corrected chi connectivity index (χ2v) is 8.60. The lowest BCUT2D eigenvalue weighted by molar-refractivity contribution is -0.190. The van der Waals surface area contributed by atoms with E-state index in [4.69, 9.17) is 14.2 Å². The minimum atomic E-state index is -0.235. The van der Waals surface area contributed by atoms with E-state index >= 15 is 0 Å². The van der Waals surface area contributed by atoms with Crippen molar-refractivity contribution in [1.29, 1.82) is 0 Å². The molecule has 2 aromatic carbocycles. The Morgan fingerprint density at radius 3 is 2.52 bits per heavy atom. The zero-order valence-corrected chi connectivity index (χ0v) is 18.6. The van der Waals surface area contributed by atoms with Crippen LogP contribution >= 0.6 is 0 Å². The van der Waals surface area contributed by atoms with Crippen molar-refractivity contribution in [3.05, 3.63) is 71.3 Å². The Morgan fingerprint density at radius 2 is 1.81 bits per heavy atom. The van der Waals surface area contributed by atoms with Gasteiger partial charge in [-0.3, -0.25) is 4.79 Å². The van der Waals surface area contributed by atoms with Crippen LogP contribution < -0.4 is 0 Å². The second-order valence-electron chi connectivity index (χ2n) is 8.60. The Morgan fingerprint density at radius 1 is 1.10 bits per heavy atom. The van der Waals surface area contributed by atoms with Crippen molar-refractivity contribution in [3.63, 3.8) is 0 Å². The highest BCUT2D eigenvalue weighted by Gasteiger charge is 2.45. The molecule has 31 heavy (non-hydrogen) atoms. The molecule has 0 bridgehead atoms. The van der Waals surface area contributed by atoms with Gasteiger partial charge in [0.05, 0.1) is 24.4 Å². The number of ether oxygens (including phenoxy) is 3. The lowest BCUT2D eigenvalue weighted by Gasteiger charge is -2.49. The molecule has 1 spiro atoms. The number of amides is 1. The lowest BCUT2D eigenvalue weighted by Crippen LogP contribution is -2.52. The van der Waals surface area contributed by atoms with Gasteiger partial charge in [0.2, 0.25) is 0 Å². The molecule has 0 aliphatic carbocycles. The standard InChI is InChI=1S/C26H33NO4/c1-3-30-22-17-24(20-9-5-4-6-10-20)31-26(18-22)13-15-27(16-14-26)25(28)23-12-8-7-11-21(23)19-29-2/h4-12,22,24H,3,13-19H2,1-2H3/t22-,24-/m0/s1.